The van der Waals surface area contributed by atoms with E-state index >= 15 is 0 Å². The number of benzene rings is 1. The van der Waals surface area contributed by atoms with Crippen LogP contribution in [0.1, 0.15) is 24.8 Å². The van der Waals surface area contributed by atoms with Gasteiger partial charge in [0.15, 0.2) is 5.54 Å². The van der Waals surface area contributed by atoms with Crippen LogP contribution in [0.25, 0.3) is 0 Å². The van der Waals surface area contributed by atoms with E-state index < -0.39 is 5.54 Å². The van der Waals surface area contributed by atoms with Crippen molar-refractivity contribution in [2.45, 2.75) is 24.8 Å². The van der Waals surface area contributed by atoms with Gasteiger partial charge >= 0.3 is 5.97 Å². The van der Waals surface area contributed by atoms with Crippen LogP contribution in [0.2, 0.25) is 0 Å². The third kappa shape index (κ3) is 2.70. The number of hydrogen-bond donors (Lipinski definition) is 1. The molecule has 4 heteroatoms. The van der Waals surface area contributed by atoms with Crippen molar-refractivity contribution in [3.63, 3.8) is 0 Å². The minimum atomic E-state index is -1.07. The van der Waals surface area contributed by atoms with Crippen LogP contribution in [0.3, 0.4) is 0 Å². The summed E-state index contributed by atoms with van der Waals surface area (Å²) in [7, 11) is 1.41. The summed E-state index contributed by atoms with van der Waals surface area (Å²) in [5.74, 6) is 1.23. The van der Waals surface area contributed by atoms with Gasteiger partial charge in [-0.1, -0.05) is 36.8 Å². The molecule has 0 spiro atoms. The van der Waals surface area contributed by atoms with E-state index in [1.165, 1.54) is 26.4 Å². The fraction of sp³-hybridized carbons (Fsp3) is 0.588. The zero-order valence-corrected chi connectivity index (χ0v) is 12.6. The predicted octanol–water partition coefficient (Wildman–Crippen LogP) is 1.75. The van der Waals surface area contributed by atoms with Crippen molar-refractivity contribution in [3.8, 4) is 0 Å². The number of fused-ring (bicyclic) bond motifs is 1. The number of carbonyl (C=O) groups excluding carboxylic acids is 1. The Morgan fingerprint density at radius 3 is 2.48 bits per heavy atom. The van der Waals surface area contributed by atoms with E-state index in [4.69, 9.17) is 10.5 Å². The van der Waals surface area contributed by atoms with E-state index in [1.807, 2.05) is 30.3 Å². The first-order valence-corrected chi connectivity index (χ1v) is 7.78. The van der Waals surface area contributed by atoms with Crippen LogP contribution >= 0.6 is 0 Å². The molecule has 0 bridgehead atoms. The molecule has 1 aliphatic heterocycles. The van der Waals surface area contributed by atoms with Crippen molar-refractivity contribution in [3.05, 3.63) is 35.9 Å². The molecule has 1 saturated carbocycles. The molecule has 1 heterocycles. The first-order valence-electron chi connectivity index (χ1n) is 7.78. The fourth-order valence-corrected chi connectivity index (χ4v) is 4.01. The molecule has 0 amide bonds. The molecular formula is C17H24N2O2. The van der Waals surface area contributed by atoms with Crippen LogP contribution in [0.15, 0.2) is 30.3 Å². The quantitative estimate of drug-likeness (QED) is 0.858. The van der Waals surface area contributed by atoms with Crippen LogP contribution < -0.4 is 5.73 Å². The van der Waals surface area contributed by atoms with Gasteiger partial charge in [0.25, 0.3) is 0 Å². The van der Waals surface area contributed by atoms with Crippen molar-refractivity contribution in [1.82, 2.24) is 4.90 Å². The van der Waals surface area contributed by atoms with Gasteiger partial charge in [-0.3, -0.25) is 4.90 Å². The zero-order chi connectivity index (χ0) is 14.9. The highest BCUT2D eigenvalue weighted by atomic mass is 16.5. The number of methoxy groups -OCH3 is 1. The summed E-state index contributed by atoms with van der Waals surface area (Å²) in [6.45, 7) is 2.66. The number of esters is 1. The van der Waals surface area contributed by atoms with E-state index in [0.29, 0.717) is 6.54 Å². The van der Waals surface area contributed by atoms with Gasteiger partial charge in [0.1, 0.15) is 0 Å². The van der Waals surface area contributed by atoms with Gasteiger partial charge in [-0.15, -0.1) is 0 Å². The lowest BCUT2D eigenvalue weighted by Gasteiger charge is -2.32. The largest absolute Gasteiger partial charge is 0.467 e. The molecule has 21 heavy (non-hydrogen) atoms. The van der Waals surface area contributed by atoms with E-state index in [1.54, 1.807) is 0 Å². The van der Waals surface area contributed by atoms with Crippen molar-refractivity contribution in [1.29, 1.82) is 0 Å². The summed E-state index contributed by atoms with van der Waals surface area (Å²) in [6, 6.07) is 9.58. The van der Waals surface area contributed by atoms with E-state index in [2.05, 4.69) is 4.90 Å². The molecule has 2 N–H and O–H groups in total. The van der Waals surface area contributed by atoms with Crippen molar-refractivity contribution in [2.24, 2.45) is 17.6 Å². The lowest BCUT2D eigenvalue weighted by Crippen LogP contribution is -2.53. The topological polar surface area (TPSA) is 55.6 Å². The minimum Gasteiger partial charge on any atom is -0.467 e. The molecule has 0 radical (unpaired) electrons. The molecule has 3 atom stereocenters. The smallest absolute Gasteiger partial charge is 0.331 e. The zero-order valence-electron chi connectivity index (χ0n) is 12.6. The Morgan fingerprint density at radius 1 is 1.29 bits per heavy atom. The number of hydrogen-bond acceptors (Lipinski definition) is 4. The maximum Gasteiger partial charge on any atom is 0.331 e. The van der Waals surface area contributed by atoms with Gasteiger partial charge in [-0.2, -0.15) is 0 Å². The Morgan fingerprint density at radius 2 is 1.90 bits per heavy atom. The molecular weight excluding hydrogens is 264 g/mol. The average molecular weight is 288 g/mol. The van der Waals surface area contributed by atoms with Gasteiger partial charge < -0.3 is 10.5 Å². The molecule has 1 aromatic rings. The summed E-state index contributed by atoms with van der Waals surface area (Å²) in [4.78, 5) is 14.6. The van der Waals surface area contributed by atoms with Gasteiger partial charge in [-0.05, 0) is 30.2 Å². The highest BCUT2D eigenvalue weighted by Gasteiger charge is 2.43. The molecule has 114 valence electrons. The normalized spacial score (nSPS) is 28.1. The first kappa shape index (κ1) is 14.5. The van der Waals surface area contributed by atoms with E-state index in [-0.39, 0.29) is 5.97 Å². The van der Waals surface area contributed by atoms with Crippen molar-refractivity contribution in [2.75, 3.05) is 26.7 Å². The molecule has 3 rings (SSSR count). The number of nitrogens with two attached hydrogens (primary N) is 1. The Kier molecular flexibility index (Phi) is 4.00. The number of carbonyl (C=O) groups is 1. The lowest BCUT2D eigenvalue weighted by molar-refractivity contribution is -0.148. The monoisotopic (exact) mass is 288 g/mol. The maximum absolute atomic E-state index is 12.3. The predicted molar refractivity (Wildman–Crippen MR) is 81.6 cm³/mol. The van der Waals surface area contributed by atoms with Gasteiger partial charge in [0.05, 0.1) is 7.11 Å². The first-order chi connectivity index (χ1) is 10.1. The third-order valence-electron chi connectivity index (χ3n) is 5.11. The van der Waals surface area contributed by atoms with Crippen molar-refractivity contribution >= 4 is 5.97 Å². The van der Waals surface area contributed by atoms with Crippen LogP contribution in [0, 0.1) is 11.8 Å². The second kappa shape index (κ2) is 5.78. The SMILES string of the molecule is COC(=O)C(N)(CN1CC2CCCC2C1)c1ccccc1. The molecule has 1 aliphatic carbocycles. The lowest BCUT2D eigenvalue weighted by atomic mass is 9.90. The molecule has 2 fully saturated rings. The highest BCUT2D eigenvalue weighted by Crippen LogP contribution is 2.38. The van der Waals surface area contributed by atoms with E-state index in [9.17, 15) is 4.79 Å². The van der Waals surface area contributed by atoms with Crippen LogP contribution in [0.5, 0.6) is 0 Å². The van der Waals surface area contributed by atoms with Gasteiger partial charge in [0.2, 0.25) is 0 Å². The average Bonchev–Trinajstić information content (AvgIpc) is 3.08. The molecule has 2 aliphatic rings. The molecule has 1 aromatic carbocycles. The van der Waals surface area contributed by atoms with Crippen molar-refractivity contribution < 1.29 is 9.53 Å². The number of ether oxygens (including phenoxy) is 1. The van der Waals surface area contributed by atoms with E-state index in [0.717, 1.165) is 30.5 Å². The third-order valence-corrected chi connectivity index (χ3v) is 5.11. The molecule has 0 aromatic heterocycles. The summed E-state index contributed by atoms with van der Waals surface area (Å²) in [5, 5.41) is 0. The summed E-state index contributed by atoms with van der Waals surface area (Å²) < 4.78 is 4.98. The summed E-state index contributed by atoms with van der Waals surface area (Å²) in [6.07, 6.45) is 4.00. The number of rotatable bonds is 4. The molecule has 3 unspecified atom stereocenters. The minimum absolute atomic E-state index is 0.356. The Balaban J connectivity index is 1.79. The number of nitrogens with zero attached hydrogens (tertiary/aromatic N) is 1. The summed E-state index contributed by atoms with van der Waals surface area (Å²) >= 11 is 0. The van der Waals surface area contributed by atoms with Gasteiger partial charge in [0, 0.05) is 19.6 Å². The molecule has 1 saturated heterocycles. The fourth-order valence-electron chi connectivity index (χ4n) is 4.01. The molecule has 4 nitrogen and oxygen atoms in total. The Hall–Kier alpha value is -1.39. The highest BCUT2D eigenvalue weighted by molar-refractivity contribution is 5.82. The van der Waals surface area contributed by atoms with Crippen LogP contribution in [-0.4, -0.2) is 37.6 Å². The second-order valence-electron chi connectivity index (χ2n) is 6.47. The maximum atomic E-state index is 12.3. The van der Waals surface area contributed by atoms with Crippen LogP contribution in [0.4, 0.5) is 0 Å². The Labute approximate surface area is 126 Å². The van der Waals surface area contributed by atoms with Gasteiger partial charge in [-0.25, -0.2) is 4.79 Å². The van der Waals surface area contributed by atoms with Crippen LogP contribution in [-0.2, 0) is 15.1 Å². The summed E-state index contributed by atoms with van der Waals surface area (Å²) in [5.41, 5.74) is 6.24. The second-order valence-corrected chi connectivity index (χ2v) is 6.47. The Bertz CT molecular complexity index is 493. The number of likely N-dealkylation sites (tertiary alicyclic amines) is 1. The standard InChI is InChI=1S/C17H24N2O2/c1-21-16(20)17(18,15-8-3-2-4-9-15)12-19-10-13-6-5-7-14(13)11-19/h2-4,8-9,13-14H,5-7,10-12,18H2,1H3.